The fourth-order valence-corrected chi connectivity index (χ4v) is 2.40. The first-order valence-electron chi connectivity index (χ1n) is 5.98. The second-order valence-corrected chi connectivity index (χ2v) is 5.15. The van der Waals surface area contributed by atoms with Crippen molar-refractivity contribution in [3.05, 3.63) is 58.2 Å². The van der Waals surface area contributed by atoms with Gasteiger partial charge in [-0.15, -0.1) is 0 Å². The standard InChI is InChI=1S/C14H15BrFNO2/c1-9(14-11(15)6-7-19-14)17-8-13(18)10-4-2-3-5-12(10)16/h2-7,9,13,17-18H,8H2,1H3. The van der Waals surface area contributed by atoms with Gasteiger partial charge in [-0.2, -0.15) is 0 Å². The average Bonchev–Trinajstić information content (AvgIpc) is 2.82. The molecule has 0 spiro atoms. The zero-order chi connectivity index (χ0) is 13.8. The Hall–Kier alpha value is -1.17. The van der Waals surface area contributed by atoms with E-state index in [1.165, 1.54) is 6.07 Å². The number of furan rings is 1. The quantitative estimate of drug-likeness (QED) is 0.882. The Bertz CT molecular complexity index is 544. The molecule has 0 bridgehead atoms. The molecule has 0 radical (unpaired) electrons. The number of halogens is 2. The minimum atomic E-state index is -0.891. The molecule has 19 heavy (non-hydrogen) atoms. The molecule has 5 heteroatoms. The van der Waals surface area contributed by atoms with Gasteiger partial charge in [-0.25, -0.2) is 4.39 Å². The molecule has 2 aromatic rings. The van der Waals surface area contributed by atoms with Crippen LogP contribution in [0.15, 0.2) is 45.5 Å². The first kappa shape index (κ1) is 14.2. The molecular weight excluding hydrogens is 313 g/mol. The summed E-state index contributed by atoms with van der Waals surface area (Å²) in [5.41, 5.74) is 0.292. The van der Waals surface area contributed by atoms with Crippen LogP contribution in [0, 0.1) is 5.82 Å². The number of benzene rings is 1. The van der Waals surface area contributed by atoms with Crippen molar-refractivity contribution in [3.8, 4) is 0 Å². The molecule has 1 heterocycles. The molecule has 0 aliphatic carbocycles. The van der Waals surface area contributed by atoms with E-state index in [1.54, 1.807) is 30.5 Å². The minimum absolute atomic E-state index is 0.0780. The van der Waals surface area contributed by atoms with Gasteiger partial charge >= 0.3 is 0 Å². The largest absolute Gasteiger partial charge is 0.466 e. The van der Waals surface area contributed by atoms with Crippen LogP contribution in [0.2, 0.25) is 0 Å². The Morgan fingerprint density at radius 3 is 2.74 bits per heavy atom. The molecule has 102 valence electrons. The Morgan fingerprint density at radius 2 is 2.11 bits per heavy atom. The molecule has 0 fully saturated rings. The number of hydrogen-bond donors (Lipinski definition) is 2. The van der Waals surface area contributed by atoms with E-state index in [1.807, 2.05) is 6.92 Å². The molecule has 2 atom stereocenters. The number of aliphatic hydroxyl groups excluding tert-OH is 1. The van der Waals surface area contributed by atoms with E-state index in [9.17, 15) is 9.50 Å². The van der Waals surface area contributed by atoms with E-state index < -0.39 is 11.9 Å². The summed E-state index contributed by atoms with van der Waals surface area (Å²) in [6.45, 7) is 2.16. The smallest absolute Gasteiger partial charge is 0.134 e. The highest BCUT2D eigenvalue weighted by Crippen LogP contribution is 2.25. The van der Waals surface area contributed by atoms with E-state index in [0.717, 1.165) is 10.2 Å². The Morgan fingerprint density at radius 1 is 1.37 bits per heavy atom. The maximum atomic E-state index is 13.5. The summed E-state index contributed by atoms with van der Waals surface area (Å²) in [6, 6.07) is 7.95. The third-order valence-electron chi connectivity index (χ3n) is 2.92. The van der Waals surface area contributed by atoms with Gasteiger partial charge in [-0.05, 0) is 35.0 Å². The summed E-state index contributed by atoms with van der Waals surface area (Å²) in [7, 11) is 0. The van der Waals surface area contributed by atoms with Crippen molar-refractivity contribution in [3.63, 3.8) is 0 Å². The molecule has 2 N–H and O–H groups in total. The van der Waals surface area contributed by atoms with Gasteiger partial charge in [0.15, 0.2) is 0 Å². The lowest BCUT2D eigenvalue weighted by Crippen LogP contribution is -2.25. The van der Waals surface area contributed by atoms with Crippen LogP contribution in [0.5, 0.6) is 0 Å². The maximum absolute atomic E-state index is 13.5. The summed E-state index contributed by atoms with van der Waals surface area (Å²) in [5, 5.41) is 13.1. The third kappa shape index (κ3) is 3.43. The lowest BCUT2D eigenvalue weighted by molar-refractivity contribution is 0.164. The molecule has 0 aliphatic rings. The lowest BCUT2D eigenvalue weighted by atomic mass is 10.1. The van der Waals surface area contributed by atoms with E-state index in [0.29, 0.717) is 5.56 Å². The summed E-state index contributed by atoms with van der Waals surface area (Å²) in [4.78, 5) is 0. The van der Waals surface area contributed by atoms with Crippen LogP contribution >= 0.6 is 15.9 Å². The fraction of sp³-hybridized carbons (Fsp3) is 0.286. The summed E-state index contributed by atoms with van der Waals surface area (Å²) in [5.74, 6) is 0.351. The Labute approximate surface area is 119 Å². The topological polar surface area (TPSA) is 45.4 Å². The normalized spacial score (nSPS) is 14.3. The number of aliphatic hydroxyl groups is 1. The highest BCUT2D eigenvalue weighted by Gasteiger charge is 2.16. The molecule has 2 unspecified atom stereocenters. The fourth-order valence-electron chi connectivity index (χ4n) is 1.85. The molecule has 0 saturated heterocycles. The molecule has 1 aromatic carbocycles. The number of hydrogen-bond acceptors (Lipinski definition) is 3. The van der Waals surface area contributed by atoms with Crippen molar-refractivity contribution in [1.29, 1.82) is 0 Å². The van der Waals surface area contributed by atoms with Crippen LogP contribution in [0.3, 0.4) is 0 Å². The third-order valence-corrected chi connectivity index (χ3v) is 3.57. The van der Waals surface area contributed by atoms with Crippen LogP contribution < -0.4 is 5.32 Å². The molecular formula is C14H15BrFNO2. The van der Waals surface area contributed by atoms with Crippen molar-refractivity contribution >= 4 is 15.9 Å². The van der Waals surface area contributed by atoms with Gasteiger partial charge in [0.2, 0.25) is 0 Å². The molecule has 0 aliphatic heterocycles. The second-order valence-electron chi connectivity index (χ2n) is 4.30. The zero-order valence-corrected chi connectivity index (χ0v) is 12.0. The van der Waals surface area contributed by atoms with Crippen LogP contribution in [0.1, 0.15) is 30.4 Å². The van der Waals surface area contributed by atoms with Gasteiger partial charge in [-0.3, -0.25) is 0 Å². The van der Waals surface area contributed by atoms with Gasteiger partial charge in [0.05, 0.1) is 22.9 Å². The van der Waals surface area contributed by atoms with Gasteiger partial charge in [0, 0.05) is 12.1 Å². The molecule has 0 saturated carbocycles. The van der Waals surface area contributed by atoms with Gasteiger partial charge in [0.1, 0.15) is 11.6 Å². The number of nitrogens with one attached hydrogen (secondary N) is 1. The van der Waals surface area contributed by atoms with Crippen molar-refractivity contribution in [2.45, 2.75) is 19.1 Å². The zero-order valence-electron chi connectivity index (χ0n) is 10.4. The SMILES string of the molecule is CC(NCC(O)c1ccccc1F)c1occc1Br. The number of rotatable bonds is 5. The lowest BCUT2D eigenvalue weighted by Gasteiger charge is -2.16. The molecule has 2 rings (SSSR count). The maximum Gasteiger partial charge on any atom is 0.134 e. The van der Waals surface area contributed by atoms with Crippen LogP contribution in [0.25, 0.3) is 0 Å². The van der Waals surface area contributed by atoms with Gasteiger partial charge < -0.3 is 14.8 Å². The van der Waals surface area contributed by atoms with Crippen LogP contribution in [-0.2, 0) is 0 Å². The predicted molar refractivity (Wildman–Crippen MR) is 74.2 cm³/mol. The molecule has 1 aromatic heterocycles. The van der Waals surface area contributed by atoms with Crippen LogP contribution in [0.4, 0.5) is 4.39 Å². The Balaban J connectivity index is 1.96. The monoisotopic (exact) mass is 327 g/mol. The van der Waals surface area contributed by atoms with E-state index >= 15 is 0 Å². The van der Waals surface area contributed by atoms with Crippen LogP contribution in [-0.4, -0.2) is 11.7 Å². The van der Waals surface area contributed by atoms with E-state index in [4.69, 9.17) is 4.42 Å². The van der Waals surface area contributed by atoms with E-state index in [2.05, 4.69) is 21.2 Å². The van der Waals surface area contributed by atoms with Gasteiger partial charge in [-0.1, -0.05) is 18.2 Å². The minimum Gasteiger partial charge on any atom is -0.466 e. The van der Waals surface area contributed by atoms with Crippen molar-refractivity contribution in [2.24, 2.45) is 0 Å². The second kappa shape index (κ2) is 6.32. The molecule has 0 amide bonds. The highest BCUT2D eigenvalue weighted by atomic mass is 79.9. The van der Waals surface area contributed by atoms with Crippen molar-refractivity contribution in [2.75, 3.05) is 6.54 Å². The Kier molecular flexibility index (Phi) is 4.74. The van der Waals surface area contributed by atoms with Crippen molar-refractivity contribution in [1.82, 2.24) is 5.32 Å². The van der Waals surface area contributed by atoms with Crippen molar-refractivity contribution < 1.29 is 13.9 Å². The summed E-state index contributed by atoms with van der Waals surface area (Å²) >= 11 is 3.37. The first-order valence-corrected chi connectivity index (χ1v) is 6.77. The average molecular weight is 328 g/mol. The van der Waals surface area contributed by atoms with Gasteiger partial charge in [0.25, 0.3) is 0 Å². The molecule has 3 nitrogen and oxygen atoms in total. The van der Waals surface area contributed by atoms with E-state index in [-0.39, 0.29) is 12.6 Å². The summed E-state index contributed by atoms with van der Waals surface area (Å²) in [6.07, 6.45) is 0.697. The predicted octanol–water partition coefficient (Wildman–Crippen LogP) is 3.57. The summed E-state index contributed by atoms with van der Waals surface area (Å²) < 4.78 is 19.7. The highest BCUT2D eigenvalue weighted by molar-refractivity contribution is 9.10. The first-order chi connectivity index (χ1) is 9.09.